The van der Waals surface area contributed by atoms with Gasteiger partial charge >= 0.3 is 0 Å². The highest BCUT2D eigenvalue weighted by Crippen LogP contribution is 2.21. The van der Waals surface area contributed by atoms with Crippen LogP contribution in [0.2, 0.25) is 5.02 Å². The molecule has 0 bridgehead atoms. The summed E-state index contributed by atoms with van der Waals surface area (Å²) in [6.07, 6.45) is 0. The van der Waals surface area contributed by atoms with Gasteiger partial charge in [0.25, 0.3) is 0 Å². The maximum atomic E-state index is 6.29. The minimum Gasteiger partial charge on any atom is -0.314 e. The first-order valence-electron chi connectivity index (χ1n) is 7.05. The summed E-state index contributed by atoms with van der Waals surface area (Å²) < 4.78 is 0. The number of nitrogens with one attached hydrogen (secondary N) is 1. The van der Waals surface area contributed by atoms with E-state index < -0.39 is 0 Å². The van der Waals surface area contributed by atoms with Crippen molar-refractivity contribution in [3.05, 3.63) is 70.7 Å². The van der Waals surface area contributed by atoms with Gasteiger partial charge < -0.3 is 5.32 Å². The lowest BCUT2D eigenvalue weighted by atomic mass is 10.1. The molecule has 2 nitrogen and oxygen atoms in total. The van der Waals surface area contributed by atoms with Crippen LogP contribution in [0.1, 0.15) is 11.1 Å². The van der Waals surface area contributed by atoms with Crippen molar-refractivity contribution in [1.29, 1.82) is 0 Å². The van der Waals surface area contributed by atoms with Crippen LogP contribution in [-0.2, 0) is 13.1 Å². The Bertz CT molecular complexity index is 552. The summed E-state index contributed by atoms with van der Waals surface area (Å²) >= 11 is 6.29. The summed E-state index contributed by atoms with van der Waals surface area (Å²) in [5.41, 5.74) is 2.56. The quantitative estimate of drug-likeness (QED) is 0.907. The van der Waals surface area contributed by atoms with Crippen molar-refractivity contribution in [3.63, 3.8) is 0 Å². The van der Waals surface area contributed by atoms with Crippen LogP contribution in [0.3, 0.4) is 0 Å². The molecular formula is C17H19ClN2. The Kier molecular flexibility index (Phi) is 4.36. The molecule has 20 heavy (non-hydrogen) atoms. The molecule has 1 fully saturated rings. The Morgan fingerprint density at radius 1 is 0.950 bits per heavy atom. The maximum Gasteiger partial charge on any atom is 0.0451 e. The molecule has 0 aromatic heterocycles. The fourth-order valence-corrected chi connectivity index (χ4v) is 2.70. The van der Waals surface area contributed by atoms with Gasteiger partial charge in [-0.3, -0.25) is 4.90 Å². The van der Waals surface area contributed by atoms with Gasteiger partial charge in [-0.15, -0.1) is 0 Å². The highest BCUT2D eigenvalue weighted by Gasteiger charge is 2.25. The first kappa shape index (κ1) is 13.6. The number of halogens is 1. The normalized spacial score (nSPS) is 15.3. The van der Waals surface area contributed by atoms with E-state index in [9.17, 15) is 0 Å². The lowest BCUT2D eigenvalue weighted by Crippen LogP contribution is -2.56. The van der Waals surface area contributed by atoms with Crippen LogP contribution in [0.25, 0.3) is 0 Å². The van der Waals surface area contributed by atoms with Crippen LogP contribution in [0.5, 0.6) is 0 Å². The van der Waals surface area contributed by atoms with E-state index >= 15 is 0 Å². The zero-order valence-electron chi connectivity index (χ0n) is 11.4. The third-order valence-corrected chi connectivity index (χ3v) is 4.20. The minimum absolute atomic E-state index is 0.603. The van der Waals surface area contributed by atoms with Crippen LogP contribution >= 0.6 is 11.6 Å². The molecule has 1 heterocycles. The van der Waals surface area contributed by atoms with Gasteiger partial charge in [0.15, 0.2) is 0 Å². The van der Waals surface area contributed by atoms with Crippen molar-refractivity contribution < 1.29 is 0 Å². The number of hydrogen-bond donors (Lipinski definition) is 1. The molecule has 0 saturated carbocycles. The summed E-state index contributed by atoms with van der Waals surface area (Å²) in [7, 11) is 0. The zero-order chi connectivity index (χ0) is 13.8. The van der Waals surface area contributed by atoms with Gasteiger partial charge in [0.05, 0.1) is 0 Å². The van der Waals surface area contributed by atoms with Crippen molar-refractivity contribution in [2.24, 2.45) is 0 Å². The Hall–Kier alpha value is -1.35. The fourth-order valence-electron chi connectivity index (χ4n) is 2.51. The Balaban J connectivity index is 1.75. The van der Waals surface area contributed by atoms with E-state index in [1.807, 2.05) is 12.1 Å². The smallest absolute Gasteiger partial charge is 0.0451 e. The summed E-state index contributed by atoms with van der Waals surface area (Å²) in [6, 6.07) is 19.4. The number of rotatable bonds is 5. The van der Waals surface area contributed by atoms with Crippen molar-refractivity contribution >= 4 is 11.6 Å². The molecule has 1 saturated heterocycles. The first-order chi connectivity index (χ1) is 9.83. The van der Waals surface area contributed by atoms with Gasteiger partial charge in [-0.1, -0.05) is 60.1 Å². The summed E-state index contributed by atoms with van der Waals surface area (Å²) in [5, 5.41) is 4.21. The Morgan fingerprint density at radius 2 is 1.65 bits per heavy atom. The van der Waals surface area contributed by atoms with Gasteiger partial charge in [0, 0.05) is 37.2 Å². The molecule has 2 aromatic carbocycles. The van der Waals surface area contributed by atoms with Gasteiger partial charge in [-0.2, -0.15) is 0 Å². The standard InChI is InChI=1S/C17H19ClN2/c18-17-9-5-4-8-15(17)13-20(16-10-19-11-16)12-14-6-2-1-3-7-14/h1-9,16,19H,10-13H2. The molecule has 0 amide bonds. The van der Waals surface area contributed by atoms with Crippen LogP contribution in [0, 0.1) is 0 Å². The average Bonchev–Trinajstić information content (AvgIpc) is 2.40. The molecule has 3 rings (SSSR count). The van der Waals surface area contributed by atoms with Crippen LogP contribution < -0.4 is 5.32 Å². The van der Waals surface area contributed by atoms with Crippen LogP contribution in [0.4, 0.5) is 0 Å². The first-order valence-corrected chi connectivity index (χ1v) is 7.43. The summed E-state index contributed by atoms with van der Waals surface area (Å²) in [4.78, 5) is 2.51. The van der Waals surface area contributed by atoms with E-state index in [1.54, 1.807) is 0 Å². The molecule has 0 unspecified atom stereocenters. The van der Waals surface area contributed by atoms with Crippen molar-refractivity contribution in [1.82, 2.24) is 10.2 Å². The monoisotopic (exact) mass is 286 g/mol. The van der Waals surface area contributed by atoms with Gasteiger partial charge in [0.1, 0.15) is 0 Å². The molecule has 0 aliphatic carbocycles. The lowest BCUT2D eigenvalue weighted by Gasteiger charge is -2.38. The van der Waals surface area contributed by atoms with Gasteiger partial charge in [-0.05, 0) is 17.2 Å². The average molecular weight is 287 g/mol. The van der Waals surface area contributed by atoms with Gasteiger partial charge in [0.2, 0.25) is 0 Å². The molecule has 0 spiro atoms. The van der Waals surface area contributed by atoms with E-state index in [0.717, 1.165) is 31.2 Å². The topological polar surface area (TPSA) is 15.3 Å². The van der Waals surface area contributed by atoms with Crippen LogP contribution in [0.15, 0.2) is 54.6 Å². The molecule has 3 heteroatoms. The number of nitrogens with zero attached hydrogens (tertiary/aromatic N) is 1. The van der Waals surface area contributed by atoms with E-state index in [4.69, 9.17) is 11.6 Å². The van der Waals surface area contributed by atoms with Crippen molar-refractivity contribution in [2.75, 3.05) is 13.1 Å². The van der Waals surface area contributed by atoms with E-state index in [-0.39, 0.29) is 0 Å². The van der Waals surface area contributed by atoms with E-state index in [2.05, 4.69) is 52.7 Å². The van der Waals surface area contributed by atoms with Gasteiger partial charge in [-0.25, -0.2) is 0 Å². The highest BCUT2D eigenvalue weighted by atomic mass is 35.5. The third kappa shape index (κ3) is 3.21. The lowest BCUT2D eigenvalue weighted by molar-refractivity contribution is 0.129. The predicted molar refractivity (Wildman–Crippen MR) is 83.8 cm³/mol. The third-order valence-electron chi connectivity index (χ3n) is 3.84. The highest BCUT2D eigenvalue weighted by molar-refractivity contribution is 6.31. The Labute approximate surface area is 125 Å². The molecule has 1 aliphatic rings. The second kappa shape index (κ2) is 6.40. The Morgan fingerprint density at radius 3 is 2.30 bits per heavy atom. The van der Waals surface area contributed by atoms with Crippen LogP contribution in [-0.4, -0.2) is 24.0 Å². The summed E-state index contributed by atoms with van der Waals surface area (Å²) in [6.45, 7) is 4.01. The molecule has 1 N–H and O–H groups in total. The molecule has 1 aliphatic heterocycles. The number of benzene rings is 2. The predicted octanol–water partition coefficient (Wildman–Crippen LogP) is 3.31. The molecule has 0 radical (unpaired) electrons. The molecule has 2 aromatic rings. The van der Waals surface area contributed by atoms with Crippen molar-refractivity contribution in [2.45, 2.75) is 19.1 Å². The van der Waals surface area contributed by atoms with E-state index in [1.165, 1.54) is 11.1 Å². The molecular weight excluding hydrogens is 268 g/mol. The van der Waals surface area contributed by atoms with E-state index in [0.29, 0.717) is 6.04 Å². The largest absolute Gasteiger partial charge is 0.314 e. The fraction of sp³-hybridized carbons (Fsp3) is 0.294. The zero-order valence-corrected chi connectivity index (χ0v) is 12.2. The second-order valence-electron chi connectivity index (χ2n) is 5.29. The second-order valence-corrected chi connectivity index (χ2v) is 5.70. The SMILES string of the molecule is Clc1ccccc1CN(Cc1ccccc1)C1CNC1. The van der Waals surface area contributed by atoms with Crippen molar-refractivity contribution in [3.8, 4) is 0 Å². The number of hydrogen-bond acceptors (Lipinski definition) is 2. The molecule has 0 atom stereocenters. The minimum atomic E-state index is 0.603. The molecule has 104 valence electrons. The maximum absolute atomic E-state index is 6.29. The summed E-state index contributed by atoms with van der Waals surface area (Å²) in [5.74, 6) is 0.